The summed E-state index contributed by atoms with van der Waals surface area (Å²) < 4.78 is 5.03. The molecule has 1 aromatic rings. The number of nitrogens with zero attached hydrogens (tertiary/aromatic N) is 1. The normalized spacial score (nSPS) is 11.1. The first-order valence-corrected chi connectivity index (χ1v) is 5.18. The lowest BCUT2D eigenvalue weighted by Crippen LogP contribution is -2.09. The van der Waals surface area contributed by atoms with Gasteiger partial charge in [0.1, 0.15) is 5.75 Å². The van der Waals surface area contributed by atoms with Crippen molar-refractivity contribution in [2.45, 2.75) is 20.3 Å². The predicted molar refractivity (Wildman–Crippen MR) is 62.8 cm³/mol. The highest BCUT2D eigenvalue weighted by atomic mass is 16.6. The van der Waals surface area contributed by atoms with Crippen molar-refractivity contribution in [3.8, 4) is 5.75 Å². The Morgan fingerprint density at radius 3 is 2.47 bits per heavy atom. The summed E-state index contributed by atoms with van der Waals surface area (Å²) in [5.41, 5.74) is 0.483. The lowest BCUT2D eigenvalue weighted by Gasteiger charge is -2.03. The molecule has 1 rings (SSSR count). The molecular weight excluding hydrogens is 222 g/mol. The zero-order chi connectivity index (χ0) is 12.8. The number of esters is 1. The number of hydrogen-bond acceptors (Lipinski definition) is 4. The van der Waals surface area contributed by atoms with Crippen molar-refractivity contribution < 1.29 is 14.5 Å². The van der Waals surface area contributed by atoms with Crippen LogP contribution in [0.5, 0.6) is 5.75 Å². The second kappa shape index (κ2) is 5.79. The van der Waals surface area contributed by atoms with E-state index in [0.29, 0.717) is 11.3 Å². The number of nitro groups is 1. The number of benzene rings is 1. The molecule has 0 heterocycles. The first kappa shape index (κ1) is 12.9. The van der Waals surface area contributed by atoms with Crippen molar-refractivity contribution in [3.63, 3.8) is 0 Å². The quantitative estimate of drug-likeness (QED) is 0.264. The number of carbonyl (C=O) groups is 1. The summed E-state index contributed by atoms with van der Waals surface area (Å²) >= 11 is 0. The third kappa shape index (κ3) is 3.71. The van der Waals surface area contributed by atoms with Crippen LogP contribution in [0.3, 0.4) is 0 Å². The smallest absolute Gasteiger partial charge is 0.338 e. The first-order valence-electron chi connectivity index (χ1n) is 5.18. The van der Waals surface area contributed by atoms with E-state index in [-0.39, 0.29) is 5.69 Å². The second-order valence-electron chi connectivity index (χ2n) is 3.44. The average Bonchev–Trinajstić information content (AvgIpc) is 2.30. The van der Waals surface area contributed by atoms with E-state index in [9.17, 15) is 14.9 Å². The van der Waals surface area contributed by atoms with Gasteiger partial charge in [0.2, 0.25) is 0 Å². The van der Waals surface area contributed by atoms with E-state index in [0.717, 1.165) is 6.42 Å². The summed E-state index contributed by atoms with van der Waals surface area (Å²) in [4.78, 5) is 21.4. The van der Waals surface area contributed by atoms with Crippen LogP contribution in [0.25, 0.3) is 0 Å². The fourth-order valence-corrected chi connectivity index (χ4v) is 1.21. The van der Waals surface area contributed by atoms with E-state index in [1.54, 1.807) is 13.0 Å². The Hall–Kier alpha value is -2.17. The minimum absolute atomic E-state index is 0.0365. The largest absolute Gasteiger partial charge is 0.423 e. The molecule has 0 N–H and O–H groups in total. The van der Waals surface area contributed by atoms with Crippen LogP contribution in [0.1, 0.15) is 20.3 Å². The van der Waals surface area contributed by atoms with E-state index in [1.165, 1.54) is 24.3 Å². The Morgan fingerprint density at radius 1 is 1.41 bits per heavy atom. The summed E-state index contributed by atoms with van der Waals surface area (Å²) in [5.74, 6) is -0.148. The van der Waals surface area contributed by atoms with E-state index < -0.39 is 10.9 Å². The van der Waals surface area contributed by atoms with Gasteiger partial charge in [-0.1, -0.05) is 13.0 Å². The molecule has 1 aromatic carbocycles. The highest BCUT2D eigenvalue weighted by Gasteiger charge is 2.09. The SMILES string of the molecule is CCC=C(C)C(=O)Oc1ccc([N+](=O)[O-])cc1. The summed E-state index contributed by atoms with van der Waals surface area (Å²) in [6.45, 7) is 3.58. The number of non-ortho nitro benzene ring substituents is 1. The molecule has 0 spiro atoms. The Kier molecular flexibility index (Phi) is 4.39. The van der Waals surface area contributed by atoms with Gasteiger partial charge in [-0.25, -0.2) is 4.79 Å². The lowest BCUT2D eigenvalue weighted by atomic mass is 10.2. The Bertz CT molecular complexity index is 448. The van der Waals surface area contributed by atoms with Crippen molar-refractivity contribution >= 4 is 11.7 Å². The molecule has 0 bridgehead atoms. The molecule has 0 aliphatic heterocycles. The highest BCUT2D eigenvalue weighted by Crippen LogP contribution is 2.18. The van der Waals surface area contributed by atoms with Crippen molar-refractivity contribution in [2.24, 2.45) is 0 Å². The van der Waals surface area contributed by atoms with E-state index in [4.69, 9.17) is 4.74 Å². The van der Waals surface area contributed by atoms with Gasteiger partial charge in [0.15, 0.2) is 0 Å². The molecule has 5 nitrogen and oxygen atoms in total. The molecular formula is C12H13NO4. The van der Waals surface area contributed by atoms with E-state index in [2.05, 4.69) is 0 Å². The van der Waals surface area contributed by atoms with E-state index >= 15 is 0 Å². The van der Waals surface area contributed by atoms with Gasteiger partial charge in [0, 0.05) is 17.7 Å². The van der Waals surface area contributed by atoms with Gasteiger partial charge in [0.05, 0.1) is 4.92 Å². The minimum Gasteiger partial charge on any atom is -0.423 e. The Labute approximate surface area is 98.9 Å². The van der Waals surface area contributed by atoms with Gasteiger partial charge in [-0.3, -0.25) is 10.1 Å². The van der Waals surface area contributed by atoms with Crippen LogP contribution in [-0.4, -0.2) is 10.9 Å². The maximum atomic E-state index is 11.5. The van der Waals surface area contributed by atoms with Crippen molar-refractivity contribution in [1.29, 1.82) is 0 Å². The van der Waals surface area contributed by atoms with Crippen LogP contribution in [0.4, 0.5) is 5.69 Å². The zero-order valence-corrected chi connectivity index (χ0v) is 9.67. The third-order valence-electron chi connectivity index (χ3n) is 2.09. The van der Waals surface area contributed by atoms with Gasteiger partial charge in [-0.05, 0) is 25.5 Å². The van der Waals surface area contributed by atoms with Crippen LogP contribution in [0, 0.1) is 10.1 Å². The molecule has 0 aliphatic carbocycles. The Morgan fingerprint density at radius 2 is 2.00 bits per heavy atom. The minimum atomic E-state index is -0.506. The number of nitro benzene ring substituents is 1. The number of allylic oxidation sites excluding steroid dienone is 1. The maximum absolute atomic E-state index is 11.5. The molecule has 0 amide bonds. The topological polar surface area (TPSA) is 69.4 Å². The molecule has 0 unspecified atom stereocenters. The predicted octanol–water partition coefficient (Wildman–Crippen LogP) is 2.86. The summed E-state index contributed by atoms with van der Waals surface area (Å²) in [7, 11) is 0. The monoisotopic (exact) mass is 235 g/mol. The van der Waals surface area contributed by atoms with Crippen molar-refractivity contribution in [3.05, 3.63) is 46.0 Å². The Balaban J connectivity index is 2.73. The molecule has 17 heavy (non-hydrogen) atoms. The maximum Gasteiger partial charge on any atom is 0.338 e. The van der Waals surface area contributed by atoms with Crippen LogP contribution in [-0.2, 0) is 4.79 Å². The zero-order valence-electron chi connectivity index (χ0n) is 9.67. The van der Waals surface area contributed by atoms with Crippen molar-refractivity contribution in [1.82, 2.24) is 0 Å². The average molecular weight is 235 g/mol. The standard InChI is InChI=1S/C12H13NO4/c1-3-4-9(2)12(14)17-11-7-5-10(6-8-11)13(15)16/h4-8H,3H2,1-2H3. The van der Waals surface area contributed by atoms with Gasteiger partial charge in [-0.15, -0.1) is 0 Å². The molecule has 0 atom stereocenters. The van der Waals surface area contributed by atoms with Gasteiger partial charge >= 0.3 is 5.97 Å². The molecule has 90 valence electrons. The molecule has 5 heteroatoms. The van der Waals surface area contributed by atoms with Gasteiger partial charge in [0.25, 0.3) is 5.69 Å². The van der Waals surface area contributed by atoms with Crippen molar-refractivity contribution in [2.75, 3.05) is 0 Å². The van der Waals surface area contributed by atoms with Crippen LogP contribution >= 0.6 is 0 Å². The first-order chi connectivity index (χ1) is 8.04. The third-order valence-corrected chi connectivity index (χ3v) is 2.09. The fraction of sp³-hybridized carbons (Fsp3) is 0.250. The summed E-state index contributed by atoms with van der Waals surface area (Å²) in [5, 5.41) is 10.4. The molecule has 0 aromatic heterocycles. The molecule has 0 fully saturated rings. The number of carbonyl (C=O) groups excluding carboxylic acids is 1. The summed E-state index contributed by atoms with van der Waals surface area (Å²) in [6.07, 6.45) is 2.51. The van der Waals surface area contributed by atoms with Gasteiger partial charge < -0.3 is 4.74 Å². The van der Waals surface area contributed by atoms with Crippen LogP contribution in [0.2, 0.25) is 0 Å². The number of ether oxygens (including phenoxy) is 1. The molecule has 0 aliphatic rings. The number of hydrogen-bond donors (Lipinski definition) is 0. The van der Waals surface area contributed by atoms with Crippen LogP contribution in [0.15, 0.2) is 35.9 Å². The highest BCUT2D eigenvalue weighted by molar-refractivity contribution is 5.89. The molecule has 0 radical (unpaired) electrons. The van der Waals surface area contributed by atoms with E-state index in [1.807, 2.05) is 6.92 Å². The van der Waals surface area contributed by atoms with Gasteiger partial charge in [-0.2, -0.15) is 0 Å². The number of rotatable bonds is 4. The molecule has 0 saturated heterocycles. The second-order valence-corrected chi connectivity index (χ2v) is 3.44. The molecule has 0 saturated carbocycles. The fourth-order valence-electron chi connectivity index (χ4n) is 1.21. The lowest BCUT2D eigenvalue weighted by molar-refractivity contribution is -0.384. The summed E-state index contributed by atoms with van der Waals surface area (Å²) in [6, 6.07) is 5.38. The van der Waals surface area contributed by atoms with Crippen LogP contribution < -0.4 is 4.74 Å².